The second kappa shape index (κ2) is 16.0. The topological polar surface area (TPSA) is 122 Å². The average molecular weight is 484 g/mol. The number of amides is 2. The first-order valence-electron chi connectivity index (χ1n) is 12.1. The first-order chi connectivity index (χ1) is 16.9. The lowest BCUT2D eigenvalue weighted by atomic mass is 9.73. The van der Waals surface area contributed by atoms with E-state index in [4.69, 9.17) is 14.4 Å². The van der Waals surface area contributed by atoms with Crippen molar-refractivity contribution in [2.45, 2.75) is 33.1 Å². The predicted octanol–water partition coefficient (Wildman–Crippen LogP) is 1.67. The molecule has 0 radical (unpaired) electrons. The van der Waals surface area contributed by atoms with E-state index >= 15 is 0 Å². The molecule has 0 spiro atoms. The molecule has 35 heavy (non-hydrogen) atoms. The Hall–Kier alpha value is -2.79. The van der Waals surface area contributed by atoms with E-state index in [2.05, 4.69) is 34.8 Å². The largest absolute Gasteiger partial charge is 0.480 e. The van der Waals surface area contributed by atoms with Crippen LogP contribution in [0.5, 0.6) is 0 Å². The molecule has 1 fully saturated rings. The van der Waals surface area contributed by atoms with Crippen LogP contribution in [0.25, 0.3) is 11.3 Å². The Kier molecular flexibility index (Phi) is 13.0. The number of nitrogens with one attached hydrogen (secondary N) is 3. The number of carbonyl (C=O) groups excluding carboxylic acids is 2. The number of rotatable bonds is 8. The van der Waals surface area contributed by atoms with Gasteiger partial charge in [0.25, 0.3) is 5.91 Å². The Labute approximate surface area is 208 Å². The molecular weight excluding hydrogens is 447 g/mol. The summed E-state index contributed by atoms with van der Waals surface area (Å²) < 4.78 is 11.6. The van der Waals surface area contributed by atoms with Crippen LogP contribution in [-0.2, 0) is 14.1 Å². The maximum atomic E-state index is 12.6. The molecule has 3 rings (SSSR count). The highest BCUT2D eigenvalue weighted by Crippen LogP contribution is 2.16. The summed E-state index contributed by atoms with van der Waals surface area (Å²) in [6.45, 7) is 8.44. The molecule has 2 heterocycles. The SMILES string of the molecule is CC(C)CC(NC(=O)CNC(=O)c1cccc(-c2ccccc2)n1)B1OCCNCCO1.CCO. The van der Waals surface area contributed by atoms with Crippen molar-refractivity contribution < 1.29 is 24.0 Å². The molecule has 1 aliphatic rings. The van der Waals surface area contributed by atoms with E-state index in [1.807, 2.05) is 36.4 Å². The fourth-order valence-electron chi connectivity index (χ4n) is 3.49. The van der Waals surface area contributed by atoms with Gasteiger partial charge in [-0.05, 0) is 31.4 Å². The number of pyridine rings is 1. The lowest BCUT2D eigenvalue weighted by Gasteiger charge is -2.27. The third-order valence-electron chi connectivity index (χ3n) is 4.98. The molecule has 1 unspecified atom stereocenters. The van der Waals surface area contributed by atoms with Crippen molar-refractivity contribution in [3.63, 3.8) is 0 Å². The van der Waals surface area contributed by atoms with Crippen LogP contribution >= 0.6 is 0 Å². The van der Waals surface area contributed by atoms with E-state index in [1.165, 1.54) is 0 Å². The number of aliphatic hydroxyl groups is 1. The maximum Gasteiger partial charge on any atom is 0.480 e. The monoisotopic (exact) mass is 484 g/mol. The first-order valence-corrected chi connectivity index (χ1v) is 12.1. The Morgan fingerprint density at radius 3 is 2.37 bits per heavy atom. The highest BCUT2D eigenvalue weighted by Gasteiger charge is 2.33. The van der Waals surface area contributed by atoms with Gasteiger partial charge in [0.2, 0.25) is 5.91 Å². The fraction of sp³-hybridized carbons (Fsp3) is 0.480. The van der Waals surface area contributed by atoms with Crippen LogP contribution in [0.15, 0.2) is 48.5 Å². The van der Waals surface area contributed by atoms with E-state index in [0.29, 0.717) is 31.2 Å². The second-order valence-electron chi connectivity index (χ2n) is 8.44. The minimum atomic E-state index is -0.511. The number of nitrogens with zero attached hydrogens (tertiary/aromatic N) is 1. The van der Waals surface area contributed by atoms with Crippen LogP contribution in [0.3, 0.4) is 0 Å². The second-order valence-corrected chi connectivity index (χ2v) is 8.44. The normalized spacial score (nSPS) is 14.7. The highest BCUT2D eigenvalue weighted by atomic mass is 16.6. The summed E-state index contributed by atoms with van der Waals surface area (Å²) in [7, 11) is -0.511. The average Bonchev–Trinajstić information content (AvgIpc) is 2.83. The van der Waals surface area contributed by atoms with Crippen LogP contribution in [0.4, 0.5) is 0 Å². The number of aliphatic hydroxyl groups excluding tert-OH is 1. The van der Waals surface area contributed by atoms with E-state index in [0.717, 1.165) is 18.7 Å². The number of aromatic nitrogens is 1. The summed E-state index contributed by atoms with van der Waals surface area (Å²) in [5.74, 6) is -0.647. The van der Waals surface area contributed by atoms with Gasteiger partial charge in [0.15, 0.2) is 0 Å². The Morgan fingerprint density at radius 2 is 1.74 bits per heavy atom. The van der Waals surface area contributed by atoms with Gasteiger partial charge < -0.3 is 30.4 Å². The standard InChI is InChI=1S/C23H31BN4O4.C2H6O/c1-17(2)15-21(24-31-13-11-25-12-14-32-24)28-22(29)16-26-23(30)20-10-6-9-19(27-20)18-7-4-3-5-8-18;1-2-3/h3-10,17,21,25H,11-16H2,1-2H3,(H,26,30)(H,28,29);3H,2H2,1H3. The molecule has 9 nitrogen and oxygen atoms in total. The van der Waals surface area contributed by atoms with Gasteiger partial charge in [-0.3, -0.25) is 9.59 Å². The molecule has 1 atom stereocenters. The molecule has 1 aromatic carbocycles. The van der Waals surface area contributed by atoms with Gasteiger partial charge in [-0.1, -0.05) is 50.2 Å². The minimum absolute atomic E-state index is 0.154. The predicted molar refractivity (Wildman–Crippen MR) is 137 cm³/mol. The van der Waals surface area contributed by atoms with Crippen LogP contribution in [0.1, 0.15) is 37.7 Å². The van der Waals surface area contributed by atoms with Gasteiger partial charge in [0.05, 0.1) is 18.2 Å². The zero-order valence-corrected chi connectivity index (χ0v) is 20.8. The van der Waals surface area contributed by atoms with Gasteiger partial charge in [0, 0.05) is 38.5 Å². The van der Waals surface area contributed by atoms with E-state index in [1.54, 1.807) is 19.1 Å². The van der Waals surface area contributed by atoms with Crippen molar-refractivity contribution in [3.8, 4) is 11.3 Å². The molecule has 1 saturated heterocycles. The summed E-state index contributed by atoms with van der Waals surface area (Å²) in [5.41, 5.74) is 1.88. The van der Waals surface area contributed by atoms with Crippen molar-refractivity contribution in [2.24, 2.45) is 5.92 Å². The van der Waals surface area contributed by atoms with Crippen molar-refractivity contribution in [2.75, 3.05) is 39.5 Å². The van der Waals surface area contributed by atoms with Crippen LogP contribution in [-0.4, -0.2) is 74.4 Å². The first kappa shape index (κ1) is 28.5. The third kappa shape index (κ3) is 10.6. The summed E-state index contributed by atoms with van der Waals surface area (Å²) in [5, 5.41) is 16.4. The molecule has 4 N–H and O–H groups in total. The number of hydrogen-bond acceptors (Lipinski definition) is 7. The number of carbonyl (C=O) groups is 2. The van der Waals surface area contributed by atoms with Gasteiger partial charge in [-0.2, -0.15) is 0 Å². The molecule has 1 aromatic heterocycles. The Morgan fingerprint density at radius 1 is 1.09 bits per heavy atom. The van der Waals surface area contributed by atoms with Crippen LogP contribution < -0.4 is 16.0 Å². The Bertz CT molecular complexity index is 892. The summed E-state index contributed by atoms with van der Waals surface area (Å²) in [6.07, 6.45) is 0.707. The number of hydrogen-bond donors (Lipinski definition) is 4. The van der Waals surface area contributed by atoms with Gasteiger partial charge in [-0.15, -0.1) is 0 Å². The van der Waals surface area contributed by atoms with Crippen LogP contribution in [0, 0.1) is 5.92 Å². The zero-order valence-electron chi connectivity index (χ0n) is 20.8. The van der Waals surface area contributed by atoms with Crippen LogP contribution in [0.2, 0.25) is 0 Å². The molecule has 1 aliphatic heterocycles. The molecular formula is C25H37BN4O5. The summed E-state index contributed by atoms with van der Waals surface area (Å²) in [4.78, 5) is 29.6. The van der Waals surface area contributed by atoms with Crippen molar-refractivity contribution >= 4 is 18.9 Å². The summed E-state index contributed by atoms with van der Waals surface area (Å²) >= 11 is 0. The molecule has 2 amide bonds. The van der Waals surface area contributed by atoms with E-state index < -0.39 is 13.0 Å². The zero-order chi connectivity index (χ0) is 25.5. The quantitative estimate of drug-likeness (QED) is 0.421. The lowest BCUT2D eigenvalue weighted by molar-refractivity contribution is -0.120. The fourth-order valence-corrected chi connectivity index (χ4v) is 3.49. The maximum absolute atomic E-state index is 12.6. The molecule has 10 heteroatoms. The summed E-state index contributed by atoms with van der Waals surface area (Å²) in [6, 6.07) is 14.9. The lowest BCUT2D eigenvalue weighted by Crippen LogP contribution is -2.53. The highest BCUT2D eigenvalue weighted by molar-refractivity contribution is 6.47. The van der Waals surface area contributed by atoms with Crippen molar-refractivity contribution in [1.82, 2.24) is 20.9 Å². The smallest absolute Gasteiger partial charge is 0.408 e. The molecule has 0 saturated carbocycles. The number of benzene rings is 1. The van der Waals surface area contributed by atoms with Gasteiger partial charge in [0.1, 0.15) is 5.69 Å². The van der Waals surface area contributed by atoms with E-state index in [-0.39, 0.29) is 30.7 Å². The van der Waals surface area contributed by atoms with E-state index in [9.17, 15) is 9.59 Å². The van der Waals surface area contributed by atoms with Gasteiger partial charge >= 0.3 is 7.12 Å². The molecule has 2 aromatic rings. The minimum Gasteiger partial charge on any atom is -0.408 e. The molecule has 0 bridgehead atoms. The van der Waals surface area contributed by atoms with Gasteiger partial charge in [-0.25, -0.2) is 4.98 Å². The molecule has 190 valence electrons. The van der Waals surface area contributed by atoms with Crippen molar-refractivity contribution in [3.05, 3.63) is 54.2 Å². The molecule has 0 aliphatic carbocycles. The Balaban J connectivity index is 0.00000137. The van der Waals surface area contributed by atoms with Crippen molar-refractivity contribution in [1.29, 1.82) is 0 Å². The third-order valence-corrected chi connectivity index (χ3v) is 4.98.